The maximum atomic E-state index is 12.9. The Morgan fingerprint density at radius 3 is 1.85 bits per heavy atom. The Balaban J connectivity index is 1.42. The van der Waals surface area contributed by atoms with E-state index in [0.717, 1.165) is 30.3 Å². The SMILES string of the molecule is O=c1cc(-c2ccc(O)c(Oc3c(O)cc4oc(-c5ccc(O)cc5)cc(=O)c4c3O)c2)oc2cc(O)cc(O)c12. The van der Waals surface area contributed by atoms with Crippen LogP contribution in [0.1, 0.15) is 0 Å². The van der Waals surface area contributed by atoms with E-state index in [4.69, 9.17) is 13.6 Å². The van der Waals surface area contributed by atoms with E-state index in [1.165, 1.54) is 42.5 Å². The first-order valence-electron chi connectivity index (χ1n) is 11.9. The number of phenolic OH excluding ortho intramolecular Hbond substituents is 6. The number of phenols is 6. The Hall–Kier alpha value is -6.10. The van der Waals surface area contributed by atoms with Crippen molar-refractivity contribution in [3.8, 4) is 68.6 Å². The second-order valence-corrected chi connectivity index (χ2v) is 9.07. The van der Waals surface area contributed by atoms with Crippen LogP contribution in [0.2, 0.25) is 0 Å². The van der Waals surface area contributed by atoms with E-state index < -0.39 is 39.6 Å². The van der Waals surface area contributed by atoms with Crippen molar-refractivity contribution < 1.29 is 44.2 Å². The molecule has 0 saturated carbocycles. The smallest absolute Gasteiger partial charge is 0.211 e. The van der Waals surface area contributed by atoms with Gasteiger partial charge in [-0.1, -0.05) is 0 Å². The molecule has 0 aliphatic carbocycles. The summed E-state index contributed by atoms with van der Waals surface area (Å²) in [7, 11) is 0. The van der Waals surface area contributed by atoms with Gasteiger partial charge in [0.25, 0.3) is 0 Å². The molecule has 0 aliphatic rings. The second kappa shape index (κ2) is 9.27. The molecule has 0 bridgehead atoms. The number of fused-ring (bicyclic) bond motifs is 2. The summed E-state index contributed by atoms with van der Waals surface area (Å²) in [5.41, 5.74) is -0.809. The van der Waals surface area contributed by atoms with Gasteiger partial charge >= 0.3 is 0 Å². The van der Waals surface area contributed by atoms with Crippen molar-refractivity contribution in [1.29, 1.82) is 0 Å². The lowest BCUT2D eigenvalue weighted by molar-refractivity contribution is 0.362. The van der Waals surface area contributed by atoms with Gasteiger partial charge in [-0.05, 0) is 42.5 Å². The van der Waals surface area contributed by atoms with E-state index in [1.807, 2.05) is 0 Å². The van der Waals surface area contributed by atoms with Crippen LogP contribution in [0, 0.1) is 0 Å². The average Bonchev–Trinajstić information content (AvgIpc) is 2.91. The molecule has 0 spiro atoms. The van der Waals surface area contributed by atoms with Crippen molar-refractivity contribution >= 4 is 21.9 Å². The Kier molecular flexibility index (Phi) is 5.70. The molecule has 6 rings (SSSR count). The third-order valence-corrected chi connectivity index (χ3v) is 6.33. The molecule has 0 unspecified atom stereocenters. The van der Waals surface area contributed by atoms with Crippen LogP contribution in [0.25, 0.3) is 44.6 Å². The van der Waals surface area contributed by atoms with Crippen LogP contribution in [0.15, 0.2) is 91.2 Å². The van der Waals surface area contributed by atoms with Crippen LogP contribution in [0.5, 0.6) is 46.0 Å². The van der Waals surface area contributed by atoms with Crippen molar-refractivity contribution in [2.24, 2.45) is 0 Å². The minimum atomic E-state index is -0.751. The van der Waals surface area contributed by atoms with Gasteiger partial charge in [0, 0.05) is 41.5 Å². The van der Waals surface area contributed by atoms with Gasteiger partial charge in [-0.3, -0.25) is 9.59 Å². The number of rotatable bonds is 4. The van der Waals surface area contributed by atoms with E-state index in [-0.39, 0.29) is 56.3 Å². The zero-order valence-electron chi connectivity index (χ0n) is 20.7. The van der Waals surface area contributed by atoms with Gasteiger partial charge in [0.15, 0.2) is 33.9 Å². The summed E-state index contributed by atoms with van der Waals surface area (Å²) in [6, 6.07) is 15.2. The lowest BCUT2D eigenvalue weighted by Gasteiger charge is -2.14. The van der Waals surface area contributed by atoms with Gasteiger partial charge in [-0.25, -0.2) is 0 Å². The summed E-state index contributed by atoms with van der Waals surface area (Å²) in [6.07, 6.45) is 0. The molecule has 41 heavy (non-hydrogen) atoms. The van der Waals surface area contributed by atoms with E-state index >= 15 is 0 Å². The maximum Gasteiger partial charge on any atom is 0.211 e. The summed E-state index contributed by atoms with van der Waals surface area (Å²) >= 11 is 0. The standard InChI is InChI=1S/C30H18O11/c31-15-4-1-13(2-5-15)22-11-20(36)28-26(39-22)12-21(37)30(29(28)38)41-24-7-14(3-6-17(24)33)23-10-19(35)27-18(34)8-16(32)9-25(27)40-23/h1-12,31-34,37-38H. The third kappa shape index (κ3) is 4.36. The molecule has 2 aromatic heterocycles. The fourth-order valence-corrected chi connectivity index (χ4v) is 4.40. The molecule has 2 heterocycles. The van der Waals surface area contributed by atoms with Gasteiger partial charge in [-0.15, -0.1) is 0 Å². The summed E-state index contributed by atoms with van der Waals surface area (Å²) < 4.78 is 17.0. The number of hydrogen-bond acceptors (Lipinski definition) is 11. The second-order valence-electron chi connectivity index (χ2n) is 9.07. The van der Waals surface area contributed by atoms with Crippen molar-refractivity contribution in [2.45, 2.75) is 0 Å². The van der Waals surface area contributed by atoms with Crippen LogP contribution < -0.4 is 15.6 Å². The molecule has 6 N–H and O–H groups in total. The Bertz CT molecular complexity index is 2120. The Labute approximate surface area is 228 Å². The normalized spacial score (nSPS) is 11.2. The molecule has 0 aliphatic heterocycles. The highest BCUT2D eigenvalue weighted by Gasteiger charge is 2.22. The summed E-state index contributed by atoms with van der Waals surface area (Å²) in [5.74, 6) is -3.27. The molecule has 204 valence electrons. The minimum Gasteiger partial charge on any atom is -0.508 e. The molecule has 0 radical (unpaired) electrons. The zero-order valence-corrected chi connectivity index (χ0v) is 20.7. The fourth-order valence-electron chi connectivity index (χ4n) is 4.40. The lowest BCUT2D eigenvalue weighted by atomic mass is 10.1. The van der Waals surface area contributed by atoms with Crippen LogP contribution in [0.4, 0.5) is 0 Å². The van der Waals surface area contributed by atoms with E-state index in [2.05, 4.69) is 0 Å². The van der Waals surface area contributed by atoms with Gasteiger partial charge in [0.1, 0.15) is 50.7 Å². The quantitative estimate of drug-likeness (QED) is 0.167. The lowest BCUT2D eigenvalue weighted by Crippen LogP contribution is -2.02. The first kappa shape index (κ1) is 25.2. The van der Waals surface area contributed by atoms with Gasteiger partial charge in [-0.2, -0.15) is 0 Å². The first-order chi connectivity index (χ1) is 19.6. The number of hydrogen-bond donors (Lipinski definition) is 6. The predicted octanol–water partition coefficient (Wildman–Crippen LogP) is 5.26. The largest absolute Gasteiger partial charge is 0.508 e. The number of aromatic hydroxyl groups is 6. The zero-order chi connectivity index (χ0) is 29.0. The molecular formula is C30H18O11. The molecule has 6 aromatic rings. The summed E-state index contributed by atoms with van der Waals surface area (Å²) in [5, 5.41) is 60.8. The van der Waals surface area contributed by atoms with Crippen molar-refractivity contribution in [2.75, 3.05) is 0 Å². The Morgan fingerprint density at radius 2 is 1.15 bits per heavy atom. The van der Waals surface area contributed by atoms with Crippen molar-refractivity contribution in [3.63, 3.8) is 0 Å². The van der Waals surface area contributed by atoms with Gasteiger partial charge in [0.2, 0.25) is 5.75 Å². The molecular weight excluding hydrogens is 536 g/mol. The van der Waals surface area contributed by atoms with Crippen LogP contribution in [0.3, 0.4) is 0 Å². The molecule has 4 aromatic carbocycles. The highest BCUT2D eigenvalue weighted by atomic mass is 16.5. The summed E-state index contributed by atoms with van der Waals surface area (Å²) in [6.45, 7) is 0. The summed E-state index contributed by atoms with van der Waals surface area (Å²) in [4.78, 5) is 25.6. The number of ether oxygens (including phenoxy) is 1. The Morgan fingerprint density at radius 1 is 0.537 bits per heavy atom. The molecule has 0 atom stereocenters. The van der Waals surface area contributed by atoms with Crippen LogP contribution in [-0.2, 0) is 0 Å². The third-order valence-electron chi connectivity index (χ3n) is 6.33. The van der Waals surface area contributed by atoms with Crippen LogP contribution >= 0.6 is 0 Å². The maximum absolute atomic E-state index is 12.9. The molecule has 11 nitrogen and oxygen atoms in total. The molecule has 0 amide bonds. The number of benzene rings is 4. The van der Waals surface area contributed by atoms with Crippen molar-refractivity contribution in [1.82, 2.24) is 0 Å². The average molecular weight is 554 g/mol. The van der Waals surface area contributed by atoms with Gasteiger partial charge in [0.05, 0.1) is 0 Å². The highest BCUT2D eigenvalue weighted by molar-refractivity contribution is 5.90. The minimum absolute atomic E-state index is 0.00768. The van der Waals surface area contributed by atoms with E-state index in [1.54, 1.807) is 0 Å². The topological polar surface area (TPSA) is 191 Å². The molecule has 0 fully saturated rings. The van der Waals surface area contributed by atoms with Gasteiger partial charge < -0.3 is 44.2 Å². The van der Waals surface area contributed by atoms with E-state index in [9.17, 15) is 40.2 Å². The molecule has 0 saturated heterocycles. The first-order valence-corrected chi connectivity index (χ1v) is 11.9. The van der Waals surface area contributed by atoms with Crippen molar-refractivity contribution in [3.05, 3.63) is 93.2 Å². The molecule has 11 heteroatoms. The highest BCUT2D eigenvalue weighted by Crippen LogP contribution is 2.46. The van der Waals surface area contributed by atoms with Crippen LogP contribution in [-0.4, -0.2) is 30.6 Å². The predicted molar refractivity (Wildman–Crippen MR) is 146 cm³/mol. The van der Waals surface area contributed by atoms with E-state index in [0.29, 0.717) is 5.56 Å². The fraction of sp³-hybridized carbons (Fsp3) is 0. The monoisotopic (exact) mass is 554 g/mol.